The summed E-state index contributed by atoms with van der Waals surface area (Å²) in [5, 5.41) is 4.53. The second-order valence-electron chi connectivity index (χ2n) is 8.36. The highest BCUT2D eigenvalue weighted by atomic mass is 19.4. The highest BCUT2D eigenvalue weighted by Crippen LogP contribution is 2.31. The first-order valence-corrected chi connectivity index (χ1v) is 10.7. The van der Waals surface area contributed by atoms with Gasteiger partial charge in [0.15, 0.2) is 5.65 Å². The molecule has 10 heteroatoms. The van der Waals surface area contributed by atoms with Gasteiger partial charge in [0.25, 0.3) is 0 Å². The monoisotopic (exact) mass is 448 g/mol. The maximum atomic E-state index is 13.0. The Morgan fingerprint density at radius 1 is 1.03 bits per heavy atom. The van der Waals surface area contributed by atoms with Crippen molar-refractivity contribution < 1.29 is 17.9 Å². The van der Waals surface area contributed by atoms with E-state index in [1.165, 1.54) is 6.20 Å². The summed E-state index contributed by atoms with van der Waals surface area (Å²) in [5.41, 5.74) is 1.26. The number of halogens is 3. The lowest BCUT2D eigenvalue weighted by Gasteiger charge is -2.37. The molecule has 3 heterocycles. The molecule has 3 aromatic rings. The maximum Gasteiger partial charge on any atom is 0.408 e. The van der Waals surface area contributed by atoms with E-state index in [0.29, 0.717) is 36.5 Å². The van der Waals surface area contributed by atoms with Gasteiger partial charge >= 0.3 is 6.18 Å². The van der Waals surface area contributed by atoms with Crippen LogP contribution in [0.2, 0.25) is 0 Å². The number of alkyl halides is 3. The number of hydrogen-bond acceptors (Lipinski definition) is 6. The molecule has 0 spiro atoms. The summed E-state index contributed by atoms with van der Waals surface area (Å²) >= 11 is 0. The number of methoxy groups -OCH3 is 1. The van der Waals surface area contributed by atoms with Crippen molar-refractivity contribution in [3.8, 4) is 5.75 Å². The molecule has 0 aliphatic carbocycles. The van der Waals surface area contributed by atoms with Gasteiger partial charge in [-0.15, -0.1) is 0 Å². The van der Waals surface area contributed by atoms with Crippen molar-refractivity contribution in [3.05, 3.63) is 36.3 Å². The SMILES string of the molecule is COc1ccccc1N1CCN(c2nc(CC(C)C)nc3c2cnn3CC(F)(F)F)CC1. The number of aromatic nitrogens is 4. The Kier molecular flexibility index (Phi) is 6.12. The molecule has 0 amide bonds. The first-order chi connectivity index (χ1) is 15.2. The molecular weight excluding hydrogens is 421 g/mol. The molecule has 1 aliphatic heterocycles. The van der Waals surface area contributed by atoms with Gasteiger partial charge in [0.2, 0.25) is 0 Å². The maximum absolute atomic E-state index is 13.0. The van der Waals surface area contributed by atoms with Crippen molar-refractivity contribution in [3.63, 3.8) is 0 Å². The van der Waals surface area contributed by atoms with Crippen LogP contribution in [0, 0.1) is 5.92 Å². The Labute approximate surface area is 184 Å². The van der Waals surface area contributed by atoms with Gasteiger partial charge in [0, 0.05) is 32.6 Å². The van der Waals surface area contributed by atoms with Gasteiger partial charge in [-0.3, -0.25) is 0 Å². The number of benzene rings is 1. The van der Waals surface area contributed by atoms with Crippen molar-refractivity contribution in [1.29, 1.82) is 0 Å². The third-order valence-corrected chi connectivity index (χ3v) is 5.45. The van der Waals surface area contributed by atoms with Crippen LogP contribution in [-0.2, 0) is 13.0 Å². The topological polar surface area (TPSA) is 59.3 Å². The number of piperazine rings is 1. The Hall–Kier alpha value is -3.04. The van der Waals surface area contributed by atoms with Gasteiger partial charge in [0.05, 0.1) is 24.4 Å². The fraction of sp³-hybridized carbons (Fsp3) is 0.500. The van der Waals surface area contributed by atoms with E-state index in [2.05, 4.69) is 19.9 Å². The molecule has 0 saturated carbocycles. The first kappa shape index (κ1) is 22.2. The predicted octanol–water partition coefficient (Wildman–Crippen LogP) is 3.92. The summed E-state index contributed by atoms with van der Waals surface area (Å²) in [5.74, 6) is 2.29. The van der Waals surface area contributed by atoms with Crippen LogP contribution in [0.1, 0.15) is 19.7 Å². The zero-order valence-corrected chi connectivity index (χ0v) is 18.4. The van der Waals surface area contributed by atoms with Crippen LogP contribution in [-0.4, -0.2) is 59.2 Å². The van der Waals surface area contributed by atoms with Gasteiger partial charge in [-0.2, -0.15) is 18.3 Å². The van der Waals surface area contributed by atoms with E-state index in [-0.39, 0.29) is 11.6 Å². The van der Waals surface area contributed by atoms with Crippen LogP contribution in [0.25, 0.3) is 11.0 Å². The van der Waals surface area contributed by atoms with Crippen LogP contribution in [0.15, 0.2) is 30.5 Å². The summed E-state index contributed by atoms with van der Waals surface area (Å²) in [6, 6.07) is 7.87. The van der Waals surface area contributed by atoms with Crippen molar-refractivity contribution in [2.24, 2.45) is 5.92 Å². The minimum atomic E-state index is -4.37. The normalized spacial score (nSPS) is 15.1. The summed E-state index contributed by atoms with van der Waals surface area (Å²) in [6.45, 7) is 5.73. The highest BCUT2D eigenvalue weighted by molar-refractivity contribution is 5.87. The van der Waals surface area contributed by atoms with E-state index in [9.17, 15) is 13.2 Å². The zero-order chi connectivity index (χ0) is 22.9. The molecule has 1 aliphatic rings. The third kappa shape index (κ3) is 4.73. The fourth-order valence-electron chi connectivity index (χ4n) is 4.02. The van der Waals surface area contributed by atoms with Crippen LogP contribution in [0.3, 0.4) is 0 Å². The molecule has 0 atom stereocenters. The third-order valence-electron chi connectivity index (χ3n) is 5.45. The predicted molar refractivity (Wildman–Crippen MR) is 117 cm³/mol. The first-order valence-electron chi connectivity index (χ1n) is 10.7. The summed E-state index contributed by atoms with van der Waals surface area (Å²) in [7, 11) is 1.65. The molecule has 1 saturated heterocycles. The highest BCUT2D eigenvalue weighted by Gasteiger charge is 2.31. The lowest BCUT2D eigenvalue weighted by molar-refractivity contribution is -0.141. The van der Waals surface area contributed by atoms with Crippen LogP contribution in [0.4, 0.5) is 24.7 Å². The van der Waals surface area contributed by atoms with E-state index in [1.54, 1.807) is 7.11 Å². The van der Waals surface area contributed by atoms with Gasteiger partial charge < -0.3 is 14.5 Å². The van der Waals surface area contributed by atoms with Crippen LogP contribution in [0.5, 0.6) is 5.75 Å². The van der Waals surface area contributed by atoms with E-state index < -0.39 is 12.7 Å². The summed E-state index contributed by atoms with van der Waals surface area (Å²) in [6.07, 6.45) is -2.34. The van der Waals surface area contributed by atoms with Crippen molar-refractivity contribution in [2.45, 2.75) is 33.0 Å². The molecule has 0 N–H and O–H groups in total. The lowest BCUT2D eigenvalue weighted by atomic mass is 10.1. The standard InChI is InChI=1S/C22H27F3N6O/c1-15(2)12-19-27-20(16-13-26-31(21(16)28-19)14-22(23,24)25)30-10-8-29(9-11-30)17-6-4-5-7-18(17)32-3/h4-7,13,15H,8-12,14H2,1-3H3. The number of anilines is 2. The van der Waals surface area contributed by atoms with Crippen molar-refractivity contribution >= 4 is 22.5 Å². The Balaban J connectivity index is 1.63. The largest absolute Gasteiger partial charge is 0.495 e. The van der Waals surface area contributed by atoms with Gasteiger partial charge in [-0.05, 0) is 18.1 Å². The van der Waals surface area contributed by atoms with Crippen LogP contribution >= 0.6 is 0 Å². The van der Waals surface area contributed by atoms with E-state index in [0.717, 1.165) is 29.2 Å². The number of hydrogen-bond donors (Lipinski definition) is 0. The second kappa shape index (κ2) is 8.84. The van der Waals surface area contributed by atoms with Crippen molar-refractivity contribution in [2.75, 3.05) is 43.1 Å². The van der Waals surface area contributed by atoms with E-state index >= 15 is 0 Å². The molecule has 4 rings (SSSR count). The van der Waals surface area contributed by atoms with E-state index in [1.807, 2.05) is 38.1 Å². The lowest BCUT2D eigenvalue weighted by Crippen LogP contribution is -2.47. The number of rotatable bonds is 6. The molecule has 0 radical (unpaired) electrons. The minimum absolute atomic E-state index is 0.232. The van der Waals surface area contributed by atoms with Crippen LogP contribution < -0.4 is 14.5 Å². The summed E-state index contributed by atoms with van der Waals surface area (Å²) < 4.78 is 45.6. The second-order valence-corrected chi connectivity index (χ2v) is 8.36. The Bertz CT molecular complexity index is 1070. The number of ether oxygens (including phenoxy) is 1. The minimum Gasteiger partial charge on any atom is -0.495 e. The molecule has 0 bridgehead atoms. The Morgan fingerprint density at radius 2 is 1.72 bits per heavy atom. The summed E-state index contributed by atoms with van der Waals surface area (Å²) in [4.78, 5) is 13.5. The van der Waals surface area contributed by atoms with Gasteiger partial charge in [-0.25, -0.2) is 14.6 Å². The smallest absolute Gasteiger partial charge is 0.408 e. The molecule has 7 nitrogen and oxygen atoms in total. The quantitative estimate of drug-likeness (QED) is 0.570. The molecule has 172 valence electrons. The van der Waals surface area contributed by atoms with Gasteiger partial charge in [0.1, 0.15) is 23.9 Å². The number of para-hydroxylation sites is 2. The fourth-order valence-corrected chi connectivity index (χ4v) is 4.02. The molecule has 2 aromatic heterocycles. The molecular formula is C22H27F3N6O. The zero-order valence-electron chi connectivity index (χ0n) is 18.4. The molecule has 0 unspecified atom stereocenters. The Morgan fingerprint density at radius 3 is 2.38 bits per heavy atom. The molecule has 1 fully saturated rings. The number of nitrogens with zero attached hydrogens (tertiary/aromatic N) is 6. The average Bonchev–Trinajstić information content (AvgIpc) is 3.14. The molecule has 1 aromatic carbocycles. The number of fused-ring (bicyclic) bond motifs is 1. The van der Waals surface area contributed by atoms with Gasteiger partial charge in [-0.1, -0.05) is 26.0 Å². The van der Waals surface area contributed by atoms with Crippen molar-refractivity contribution in [1.82, 2.24) is 19.7 Å². The average molecular weight is 448 g/mol. The molecule has 32 heavy (non-hydrogen) atoms. The van der Waals surface area contributed by atoms with E-state index in [4.69, 9.17) is 9.72 Å².